The second-order valence-corrected chi connectivity index (χ2v) is 4.00. The molecule has 0 aliphatic rings. The van der Waals surface area contributed by atoms with E-state index in [1.807, 2.05) is 0 Å². The fourth-order valence-electron chi connectivity index (χ4n) is 1.38. The number of rotatable bonds is 7. The van der Waals surface area contributed by atoms with Crippen LogP contribution in [0.2, 0.25) is 0 Å². The lowest BCUT2D eigenvalue weighted by Gasteiger charge is -2.27. The van der Waals surface area contributed by atoms with Crippen LogP contribution >= 0.6 is 0 Å². The van der Waals surface area contributed by atoms with E-state index in [-0.39, 0.29) is 0 Å². The van der Waals surface area contributed by atoms with Gasteiger partial charge in [0.25, 0.3) is 0 Å². The van der Waals surface area contributed by atoms with E-state index in [2.05, 4.69) is 9.47 Å². The van der Waals surface area contributed by atoms with Gasteiger partial charge >= 0.3 is 23.9 Å². The third kappa shape index (κ3) is 7.25. The van der Waals surface area contributed by atoms with E-state index in [0.717, 1.165) is 27.9 Å². The highest BCUT2D eigenvalue weighted by molar-refractivity contribution is 5.80. The van der Waals surface area contributed by atoms with Gasteiger partial charge in [-0.2, -0.15) is 0 Å². The van der Waals surface area contributed by atoms with Crippen LogP contribution in [0.3, 0.4) is 0 Å². The number of ether oxygens (including phenoxy) is 4. The average molecular weight is 306 g/mol. The molecule has 21 heavy (non-hydrogen) atoms. The molecule has 0 rings (SSSR count). The minimum absolute atomic E-state index is 0.554. The van der Waals surface area contributed by atoms with Crippen molar-refractivity contribution < 1.29 is 43.2 Å². The molecular weight excluding hydrogens is 288 g/mol. The lowest BCUT2D eigenvalue weighted by atomic mass is 10.1. The Morgan fingerprint density at radius 3 is 1.86 bits per heavy atom. The van der Waals surface area contributed by atoms with Crippen molar-refractivity contribution in [3.05, 3.63) is 0 Å². The van der Waals surface area contributed by atoms with Crippen LogP contribution in [0.5, 0.6) is 0 Å². The van der Waals surface area contributed by atoms with Gasteiger partial charge in [0.05, 0.1) is 7.11 Å². The zero-order chi connectivity index (χ0) is 16.6. The highest BCUT2D eigenvalue weighted by Crippen LogP contribution is 2.13. The van der Waals surface area contributed by atoms with Crippen molar-refractivity contribution in [1.29, 1.82) is 0 Å². The molecule has 0 aromatic carbocycles. The van der Waals surface area contributed by atoms with Crippen molar-refractivity contribution in [2.45, 2.75) is 39.1 Å². The summed E-state index contributed by atoms with van der Waals surface area (Å²) in [6.07, 6.45) is -4.83. The predicted octanol–water partition coefficient (Wildman–Crippen LogP) is -1.05. The maximum absolute atomic E-state index is 11.6. The molecule has 0 aromatic heterocycles. The summed E-state index contributed by atoms with van der Waals surface area (Å²) in [6.45, 7) is 2.62. The second-order valence-electron chi connectivity index (χ2n) is 4.00. The number of methoxy groups -OCH3 is 1. The first kappa shape index (κ1) is 18.8. The van der Waals surface area contributed by atoms with Crippen LogP contribution in [0, 0.1) is 0 Å². The first-order chi connectivity index (χ1) is 9.68. The fraction of sp³-hybridized carbons (Fsp3) is 0.667. The minimum atomic E-state index is -1.68. The molecule has 0 fully saturated rings. The van der Waals surface area contributed by atoms with E-state index in [1.54, 1.807) is 0 Å². The van der Waals surface area contributed by atoms with Gasteiger partial charge in [-0.15, -0.1) is 0 Å². The number of hydrogen-bond acceptors (Lipinski definition) is 9. The Kier molecular flexibility index (Phi) is 7.99. The Balaban J connectivity index is 5.19. The Morgan fingerprint density at radius 1 is 0.952 bits per heavy atom. The Labute approximate surface area is 121 Å². The van der Waals surface area contributed by atoms with Gasteiger partial charge in [0.15, 0.2) is 6.10 Å². The summed E-state index contributed by atoms with van der Waals surface area (Å²) in [6, 6.07) is 0. The van der Waals surface area contributed by atoms with Crippen molar-refractivity contribution in [1.82, 2.24) is 0 Å². The lowest BCUT2D eigenvalue weighted by Crippen LogP contribution is -2.49. The number of hydrogen-bond donors (Lipinski definition) is 1. The average Bonchev–Trinajstić information content (AvgIpc) is 2.38. The van der Waals surface area contributed by atoms with Crippen LogP contribution < -0.4 is 0 Å². The molecule has 0 aliphatic heterocycles. The summed E-state index contributed by atoms with van der Waals surface area (Å²) in [5.74, 6) is -3.39. The van der Waals surface area contributed by atoms with E-state index < -0.39 is 48.8 Å². The maximum atomic E-state index is 11.6. The van der Waals surface area contributed by atoms with Gasteiger partial charge in [0.1, 0.15) is 12.7 Å². The molecule has 0 heterocycles. The third-order valence-electron chi connectivity index (χ3n) is 2.16. The first-order valence-electron chi connectivity index (χ1n) is 5.92. The zero-order valence-electron chi connectivity index (χ0n) is 12.2. The summed E-state index contributed by atoms with van der Waals surface area (Å²) >= 11 is 0. The van der Waals surface area contributed by atoms with Crippen molar-refractivity contribution in [2.24, 2.45) is 0 Å². The molecule has 0 saturated heterocycles. The second kappa shape index (κ2) is 8.90. The number of carbonyl (C=O) groups excluding carboxylic acids is 4. The predicted molar refractivity (Wildman–Crippen MR) is 65.8 cm³/mol. The van der Waals surface area contributed by atoms with Crippen molar-refractivity contribution in [3.63, 3.8) is 0 Å². The SMILES string of the molecule is COC(=O)[C@@H](OC(C)=O)[C@@H](OC(C)=O)[C@H](O)COC(C)=O. The Bertz CT molecular complexity index is 404. The zero-order valence-corrected chi connectivity index (χ0v) is 12.2. The van der Waals surface area contributed by atoms with Gasteiger partial charge in [0.2, 0.25) is 6.10 Å². The number of aliphatic hydroxyl groups is 1. The smallest absolute Gasteiger partial charge is 0.351 e. The monoisotopic (exact) mass is 306 g/mol. The topological polar surface area (TPSA) is 125 Å². The molecule has 9 heteroatoms. The summed E-state index contributed by atoms with van der Waals surface area (Å²) < 4.78 is 18.5. The van der Waals surface area contributed by atoms with Crippen LogP contribution in [0.15, 0.2) is 0 Å². The molecule has 0 aromatic rings. The van der Waals surface area contributed by atoms with Gasteiger partial charge < -0.3 is 24.1 Å². The summed E-state index contributed by atoms with van der Waals surface area (Å²) in [5, 5.41) is 9.88. The maximum Gasteiger partial charge on any atom is 0.351 e. The molecule has 0 radical (unpaired) electrons. The van der Waals surface area contributed by atoms with Crippen LogP contribution in [0.1, 0.15) is 20.8 Å². The van der Waals surface area contributed by atoms with Gasteiger partial charge in [-0.1, -0.05) is 0 Å². The largest absolute Gasteiger partial charge is 0.466 e. The van der Waals surface area contributed by atoms with E-state index in [9.17, 15) is 24.3 Å². The molecule has 0 unspecified atom stereocenters. The number of aliphatic hydroxyl groups excluding tert-OH is 1. The van der Waals surface area contributed by atoms with Gasteiger partial charge in [-0.05, 0) is 0 Å². The molecule has 3 atom stereocenters. The van der Waals surface area contributed by atoms with Crippen LogP contribution in [-0.4, -0.2) is 61.0 Å². The fourth-order valence-corrected chi connectivity index (χ4v) is 1.38. The van der Waals surface area contributed by atoms with Crippen molar-refractivity contribution in [2.75, 3.05) is 13.7 Å². The normalized spacial score (nSPS) is 14.3. The molecule has 120 valence electrons. The molecule has 0 bridgehead atoms. The molecule has 0 saturated carbocycles. The molecule has 1 N–H and O–H groups in total. The van der Waals surface area contributed by atoms with Crippen LogP contribution in [-0.2, 0) is 38.1 Å². The molecule has 9 nitrogen and oxygen atoms in total. The number of esters is 4. The van der Waals surface area contributed by atoms with E-state index >= 15 is 0 Å². The van der Waals surface area contributed by atoms with Crippen LogP contribution in [0.25, 0.3) is 0 Å². The quantitative estimate of drug-likeness (QED) is 0.463. The standard InChI is InChI=1S/C12H18O9/c1-6(13)19-5-9(16)10(20-7(2)14)11(12(17)18-4)21-8(3)15/h9-11,16H,5H2,1-4H3/t9-,10+,11+/m1/s1. The highest BCUT2D eigenvalue weighted by Gasteiger charge is 2.40. The van der Waals surface area contributed by atoms with Crippen molar-refractivity contribution in [3.8, 4) is 0 Å². The van der Waals surface area contributed by atoms with Crippen LogP contribution in [0.4, 0.5) is 0 Å². The molecule has 0 amide bonds. The summed E-state index contributed by atoms with van der Waals surface area (Å²) in [7, 11) is 1.03. The lowest BCUT2D eigenvalue weighted by molar-refractivity contribution is -0.190. The number of carbonyl (C=O) groups is 4. The Morgan fingerprint density at radius 2 is 1.48 bits per heavy atom. The minimum Gasteiger partial charge on any atom is -0.466 e. The van der Waals surface area contributed by atoms with E-state index in [0.29, 0.717) is 0 Å². The van der Waals surface area contributed by atoms with E-state index in [4.69, 9.17) is 9.47 Å². The molecule has 0 aliphatic carbocycles. The summed E-state index contributed by atoms with van der Waals surface area (Å²) in [4.78, 5) is 44.4. The molecule has 0 spiro atoms. The van der Waals surface area contributed by atoms with Crippen molar-refractivity contribution >= 4 is 23.9 Å². The van der Waals surface area contributed by atoms with Gasteiger partial charge in [-0.3, -0.25) is 14.4 Å². The highest BCUT2D eigenvalue weighted by atomic mass is 16.6. The summed E-state index contributed by atoms with van der Waals surface area (Å²) in [5.41, 5.74) is 0. The third-order valence-corrected chi connectivity index (χ3v) is 2.16. The van der Waals surface area contributed by atoms with E-state index in [1.165, 1.54) is 0 Å². The van der Waals surface area contributed by atoms with Gasteiger partial charge in [-0.25, -0.2) is 4.79 Å². The molecular formula is C12H18O9. The Hall–Kier alpha value is -2.16. The van der Waals surface area contributed by atoms with Gasteiger partial charge in [0, 0.05) is 20.8 Å². The first-order valence-corrected chi connectivity index (χ1v) is 5.92.